The number of amides is 2. The molecule has 0 saturated heterocycles. The van der Waals surface area contributed by atoms with E-state index in [2.05, 4.69) is 10.6 Å². The lowest BCUT2D eigenvalue weighted by Crippen LogP contribution is -2.23. The summed E-state index contributed by atoms with van der Waals surface area (Å²) in [5.74, 6) is -0.716. The topological polar surface area (TPSA) is 67.4 Å². The number of benzene rings is 2. The fourth-order valence-electron chi connectivity index (χ4n) is 2.65. The van der Waals surface area contributed by atoms with Gasteiger partial charge in [0.1, 0.15) is 12.4 Å². The number of alkyl halides is 3. The van der Waals surface area contributed by atoms with Crippen molar-refractivity contribution in [2.45, 2.75) is 13.1 Å². The fraction of sp³-hybridized carbons (Fsp3) is 0.158. The first-order chi connectivity index (χ1) is 13.1. The van der Waals surface area contributed by atoms with Crippen LogP contribution >= 0.6 is 11.6 Å². The van der Waals surface area contributed by atoms with E-state index in [0.717, 1.165) is 12.1 Å². The SMILES string of the molecule is CC(=O)Nc1ccc(NC(=O)C2=Cc3cc(Cl)ccc3OC2)c(C(F)(F)F)c1. The Kier molecular flexibility index (Phi) is 5.33. The van der Waals surface area contributed by atoms with Crippen molar-refractivity contribution in [2.24, 2.45) is 0 Å². The summed E-state index contributed by atoms with van der Waals surface area (Å²) in [6.07, 6.45) is -3.21. The Balaban J connectivity index is 1.89. The highest BCUT2D eigenvalue weighted by Crippen LogP contribution is 2.37. The molecule has 28 heavy (non-hydrogen) atoms. The van der Waals surface area contributed by atoms with E-state index in [1.807, 2.05) is 0 Å². The molecule has 0 spiro atoms. The molecule has 0 radical (unpaired) electrons. The van der Waals surface area contributed by atoms with Crippen LogP contribution in [0.3, 0.4) is 0 Å². The molecule has 0 saturated carbocycles. The Morgan fingerprint density at radius 3 is 2.54 bits per heavy atom. The molecular weight excluding hydrogens is 397 g/mol. The van der Waals surface area contributed by atoms with Gasteiger partial charge in [-0.25, -0.2) is 0 Å². The molecule has 1 aliphatic heterocycles. The lowest BCUT2D eigenvalue weighted by atomic mass is 10.1. The average Bonchev–Trinajstić information content (AvgIpc) is 2.61. The second-order valence-electron chi connectivity index (χ2n) is 6.03. The molecule has 0 aromatic heterocycles. The maximum atomic E-state index is 13.4. The van der Waals surface area contributed by atoms with Crippen molar-refractivity contribution >= 4 is 40.9 Å². The van der Waals surface area contributed by atoms with Crippen LogP contribution in [0.25, 0.3) is 6.08 Å². The largest absolute Gasteiger partial charge is 0.488 e. The number of anilines is 2. The van der Waals surface area contributed by atoms with E-state index >= 15 is 0 Å². The van der Waals surface area contributed by atoms with Crippen LogP contribution in [0.4, 0.5) is 24.5 Å². The van der Waals surface area contributed by atoms with Crippen LogP contribution in [-0.4, -0.2) is 18.4 Å². The van der Waals surface area contributed by atoms with Gasteiger partial charge in [0.25, 0.3) is 5.91 Å². The molecular formula is C19H14ClF3N2O3. The molecule has 146 valence electrons. The third kappa shape index (κ3) is 4.45. The lowest BCUT2D eigenvalue weighted by Gasteiger charge is -2.19. The number of halogens is 4. The second kappa shape index (κ2) is 7.55. The van der Waals surface area contributed by atoms with E-state index in [1.165, 1.54) is 19.1 Å². The van der Waals surface area contributed by atoms with Crippen molar-refractivity contribution in [2.75, 3.05) is 17.2 Å². The van der Waals surface area contributed by atoms with Crippen LogP contribution in [-0.2, 0) is 15.8 Å². The first-order valence-corrected chi connectivity index (χ1v) is 8.44. The zero-order valence-corrected chi connectivity index (χ0v) is 15.2. The molecule has 9 heteroatoms. The summed E-state index contributed by atoms with van der Waals surface area (Å²) in [5.41, 5.74) is -0.825. The smallest absolute Gasteiger partial charge is 0.418 e. The van der Waals surface area contributed by atoms with Crippen LogP contribution in [0, 0.1) is 0 Å². The van der Waals surface area contributed by atoms with E-state index in [1.54, 1.807) is 18.2 Å². The number of nitrogens with one attached hydrogen (secondary N) is 2. The Hall–Kier alpha value is -3.00. The Labute approximate surface area is 163 Å². The molecule has 2 aromatic rings. The molecule has 0 fully saturated rings. The second-order valence-corrected chi connectivity index (χ2v) is 6.47. The van der Waals surface area contributed by atoms with Crippen molar-refractivity contribution in [1.29, 1.82) is 0 Å². The highest BCUT2D eigenvalue weighted by molar-refractivity contribution is 6.30. The summed E-state index contributed by atoms with van der Waals surface area (Å²) in [4.78, 5) is 23.5. The van der Waals surface area contributed by atoms with E-state index in [-0.39, 0.29) is 17.9 Å². The van der Waals surface area contributed by atoms with Crippen LogP contribution in [0.1, 0.15) is 18.1 Å². The highest BCUT2D eigenvalue weighted by atomic mass is 35.5. The normalized spacial score (nSPS) is 13.1. The summed E-state index contributed by atoms with van der Waals surface area (Å²) in [6.45, 7) is 1.09. The first kappa shape index (κ1) is 19.8. The van der Waals surface area contributed by atoms with Gasteiger partial charge in [-0.05, 0) is 42.5 Å². The minimum absolute atomic E-state index is 0.0263. The van der Waals surface area contributed by atoms with Gasteiger partial charge < -0.3 is 15.4 Å². The maximum Gasteiger partial charge on any atom is 0.418 e. The Bertz CT molecular complexity index is 987. The summed E-state index contributed by atoms with van der Waals surface area (Å²) >= 11 is 5.92. The van der Waals surface area contributed by atoms with Gasteiger partial charge in [-0.15, -0.1) is 0 Å². The predicted octanol–water partition coefficient (Wildman–Crippen LogP) is 4.73. The fourth-order valence-corrected chi connectivity index (χ4v) is 2.83. The van der Waals surface area contributed by atoms with E-state index in [9.17, 15) is 22.8 Å². The molecule has 2 aromatic carbocycles. The quantitative estimate of drug-likeness (QED) is 0.768. The lowest BCUT2D eigenvalue weighted by molar-refractivity contribution is -0.137. The van der Waals surface area contributed by atoms with Gasteiger partial charge in [-0.2, -0.15) is 13.2 Å². The van der Waals surface area contributed by atoms with E-state index < -0.39 is 29.2 Å². The van der Waals surface area contributed by atoms with Crippen molar-refractivity contribution in [1.82, 2.24) is 0 Å². The number of carbonyl (C=O) groups excluding carboxylic acids is 2. The first-order valence-electron chi connectivity index (χ1n) is 8.06. The number of ether oxygens (including phenoxy) is 1. The predicted molar refractivity (Wildman–Crippen MR) is 99.3 cm³/mol. The Morgan fingerprint density at radius 2 is 1.86 bits per heavy atom. The number of hydrogen-bond acceptors (Lipinski definition) is 3. The Morgan fingerprint density at radius 1 is 1.11 bits per heavy atom. The zero-order valence-electron chi connectivity index (χ0n) is 14.5. The van der Waals surface area contributed by atoms with E-state index in [4.69, 9.17) is 16.3 Å². The molecule has 0 unspecified atom stereocenters. The zero-order chi connectivity index (χ0) is 20.5. The molecule has 0 bridgehead atoms. The van der Waals surface area contributed by atoms with Gasteiger partial charge in [0.15, 0.2) is 0 Å². The van der Waals surface area contributed by atoms with Crippen LogP contribution in [0.2, 0.25) is 5.02 Å². The third-order valence-corrected chi connectivity index (χ3v) is 4.11. The van der Waals surface area contributed by atoms with Gasteiger partial charge >= 0.3 is 6.18 Å². The van der Waals surface area contributed by atoms with Gasteiger partial charge in [0.2, 0.25) is 5.91 Å². The van der Waals surface area contributed by atoms with Crippen LogP contribution < -0.4 is 15.4 Å². The van der Waals surface area contributed by atoms with Gasteiger partial charge in [-0.3, -0.25) is 9.59 Å². The van der Waals surface area contributed by atoms with Crippen molar-refractivity contribution in [3.05, 3.63) is 58.1 Å². The maximum absolute atomic E-state index is 13.4. The van der Waals surface area contributed by atoms with Crippen molar-refractivity contribution in [3.8, 4) is 5.75 Å². The summed E-state index contributed by atoms with van der Waals surface area (Å²) < 4.78 is 45.6. The van der Waals surface area contributed by atoms with E-state index in [0.29, 0.717) is 16.3 Å². The van der Waals surface area contributed by atoms with Gasteiger partial charge in [-0.1, -0.05) is 11.6 Å². The monoisotopic (exact) mass is 410 g/mol. The summed E-state index contributed by atoms with van der Waals surface area (Å²) in [6, 6.07) is 7.98. The van der Waals surface area contributed by atoms with Gasteiger partial charge in [0, 0.05) is 23.2 Å². The summed E-state index contributed by atoms with van der Waals surface area (Å²) in [7, 11) is 0. The van der Waals surface area contributed by atoms with Gasteiger partial charge in [0.05, 0.1) is 16.8 Å². The minimum atomic E-state index is -4.73. The number of fused-ring (bicyclic) bond motifs is 1. The number of carbonyl (C=O) groups is 2. The highest BCUT2D eigenvalue weighted by Gasteiger charge is 2.34. The number of rotatable bonds is 3. The number of hydrogen-bond donors (Lipinski definition) is 2. The minimum Gasteiger partial charge on any atom is -0.488 e. The van der Waals surface area contributed by atoms with Crippen molar-refractivity contribution < 1.29 is 27.5 Å². The molecule has 0 aliphatic carbocycles. The molecule has 1 heterocycles. The standard InChI is InChI=1S/C19H14ClF3N2O3/c1-10(26)24-14-3-4-16(15(8-14)19(21,22)23)25-18(27)12-6-11-7-13(20)2-5-17(11)28-9-12/h2-8H,9H2,1H3,(H,24,26)(H,25,27). The average molecular weight is 411 g/mol. The summed E-state index contributed by atoms with van der Waals surface area (Å²) in [5, 5.41) is 4.98. The van der Waals surface area contributed by atoms with Crippen LogP contribution in [0.15, 0.2) is 42.0 Å². The molecule has 3 rings (SSSR count). The molecule has 0 atom stereocenters. The molecule has 2 amide bonds. The molecule has 2 N–H and O–H groups in total. The van der Waals surface area contributed by atoms with Crippen molar-refractivity contribution in [3.63, 3.8) is 0 Å². The molecule has 1 aliphatic rings. The van der Waals surface area contributed by atoms with Crippen LogP contribution in [0.5, 0.6) is 5.75 Å². The third-order valence-electron chi connectivity index (χ3n) is 3.87. The molecule has 5 nitrogen and oxygen atoms in total.